The van der Waals surface area contributed by atoms with E-state index in [1.165, 1.54) is 18.2 Å². The molecule has 114 valence electrons. The lowest BCUT2D eigenvalue weighted by atomic mass is 10.1. The second-order valence-corrected chi connectivity index (χ2v) is 5.58. The largest absolute Gasteiger partial charge is 0.469 e. The van der Waals surface area contributed by atoms with Crippen LogP contribution in [0.5, 0.6) is 0 Å². The fourth-order valence-corrected chi connectivity index (χ4v) is 2.86. The number of carbonyl (C=O) groups excluding carboxylic acids is 1. The highest BCUT2D eigenvalue weighted by atomic mass is 35.5. The lowest BCUT2D eigenvalue weighted by molar-refractivity contribution is -0.384. The summed E-state index contributed by atoms with van der Waals surface area (Å²) in [6.45, 7) is 1.09. The zero-order chi connectivity index (χ0) is 15.7. The number of nitrogens with zero attached hydrogens (tertiary/aromatic N) is 2. The van der Waals surface area contributed by atoms with Crippen LogP contribution in [0.4, 0.5) is 5.69 Å². The minimum atomic E-state index is -0.539. The van der Waals surface area contributed by atoms with E-state index in [2.05, 4.69) is 0 Å². The first-order valence-electron chi connectivity index (χ1n) is 6.83. The van der Waals surface area contributed by atoms with Crippen LogP contribution in [0.3, 0.4) is 0 Å². The molecule has 1 atom stereocenters. The first kappa shape index (κ1) is 14.6. The summed E-state index contributed by atoms with van der Waals surface area (Å²) in [6, 6.07) is 7.60. The molecule has 7 heteroatoms. The number of benzene rings is 1. The van der Waals surface area contributed by atoms with Gasteiger partial charge in [-0.05, 0) is 24.6 Å². The molecule has 1 saturated heterocycles. The Kier molecular flexibility index (Phi) is 3.85. The van der Waals surface area contributed by atoms with Gasteiger partial charge < -0.3 is 9.32 Å². The van der Waals surface area contributed by atoms with Gasteiger partial charge in [0.05, 0.1) is 21.8 Å². The van der Waals surface area contributed by atoms with Crippen LogP contribution >= 0.6 is 11.6 Å². The zero-order valence-electron chi connectivity index (χ0n) is 11.6. The molecule has 0 aliphatic carbocycles. The molecule has 1 amide bonds. The average Bonchev–Trinajstić information content (AvgIpc) is 3.17. The summed E-state index contributed by atoms with van der Waals surface area (Å²) in [5, 5.41) is 11.1. The lowest BCUT2D eigenvalue weighted by Gasteiger charge is -2.16. The third-order valence-corrected chi connectivity index (χ3v) is 4.14. The van der Waals surface area contributed by atoms with Crippen molar-refractivity contribution in [1.82, 2.24) is 4.90 Å². The molecule has 1 aromatic heterocycles. The van der Waals surface area contributed by atoms with Crippen molar-refractivity contribution in [2.24, 2.45) is 0 Å². The highest BCUT2D eigenvalue weighted by Gasteiger charge is 2.30. The van der Waals surface area contributed by atoms with Crippen LogP contribution < -0.4 is 0 Å². The van der Waals surface area contributed by atoms with E-state index in [4.69, 9.17) is 16.0 Å². The predicted octanol–water partition coefficient (Wildman–Crippen LogP) is 3.47. The smallest absolute Gasteiger partial charge is 0.270 e. The van der Waals surface area contributed by atoms with E-state index in [0.29, 0.717) is 13.1 Å². The third kappa shape index (κ3) is 2.69. The Morgan fingerprint density at radius 3 is 2.91 bits per heavy atom. The Morgan fingerprint density at radius 1 is 1.41 bits per heavy atom. The van der Waals surface area contributed by atoms with E-state index < -0.39 is 4.92 Å². The molecule has 0 spiro atoms. The Hall–Kier alpha value is -2.34. The van der Waals surface area contributed by atoms with Crippen molar-refractivity contribution in [2.75, 3.05) is 13.1 Å². The van der Waals surface area contributed by atoms with Gasteiger partial charge in [0.2, 0.25) is 0 Å². The van der Waals surface area contributed by atoms with Gasteiger partial charge in [-0.15, -0.1) is 0 Å². The SMILES string of the molecule is O=C(c1cc([N+](=O)[O-])ccc1Cl)N1CC[C@H](c2ccco2)C1. The number of non-ortho nitro benzene ring substituents is 1. The number of nitro benzene ring substituents is 1. The van der Waals surface area contributed by atoms with Crippen molar-refractivity contribution in [3.8, 4) is 0 Å². The molecule has 1 aliphatic heterocycles. The molecule has 22 heavy (non-hydrogen) atoms. The van der Waals surface area contributed by atoms with Gasteiger partial charge in [0.25, 0.3) is 11.6 Å². The first-order chi connectivity index (χ1) is 10.6. The van der Waals surface area contributed by atoms with Crippen LogP contribution in [0, 0.1) is 10.1 Å². The standard InChI is InChI=1S/C15H13ClN2O4/c16-13-4-3-11(18(20)21)8-12(13)15(19)17-6-5-10(9-17)14-2-1-7-22-14/h1-4,7-8,10H,5-6,9H2/t10-/m0/s1. The molecule has 0 saturated carbocycles. The Balaban J connectivity index is 1.80. The molecular weight excluding hydrogens is 308 g/mol. The molecule has 0 unspecified atom stereocenters. The first-order valence-corrected chi connectivity index (χ1v) is 7.20. The van der Waals surface area contributed by atoms with Gasteiger partial charge in [0.15, 0.2) is 0 Å². The summed E-state index contributed by atoms with van der Waals surface area (Å²) in [6.07, 6.45) is 2.41. The van der Waals surface area contributed by atoms with E-state index in [9.17, 15) is 14.9 Å². The van der Waals surface area contributed by atoms with Gasteiger partial charge in [0, 0.05) is 31.1 Å². The number of furan rings is 1. The van der Waals surface area contributed by atoms with Crippen molar-refractivity contribution >= 4 is 23.2 Å². The highest BCUT2D eigenvalue weighted by molar-refractivity contribution is 6.33. The Labute approximate surface area is 131 Å². The summed E-state index contributed by atoms with van der Waals surface area (Å²) in [5.74, 6) is 0.708. The topological polar surface area (TPSA) is 76.6 Å². The summed E-state index contributed by atoms with van der Waals surface area (Å²) in [5.41, 5.74) is 0.0190. The van der Waals surface area contributed by atoms with Gasteiger partial charge >= 0.3 is 0 Å². The van der Waals surface area contributed by atoms with Crippen LogP contribution in [0.2, 0.25) is 5.02 Å². The molecule has 3 rings (SSSR count). The molecule has 1 aliphatic rings. The van der Waals surface area contributed by atoms with Gasteiger partial charge in [-0.1, -0.05) is 11.6 Å². The zero-order valence-corrected chi connectivity index (χ0v) is 12.3. The quantitative estimate of drug-likeness (QED) is 0.641. The molecule has 1 fully saturated rings. The minimum absolute atomic E-state index is 0.144. The highest BCUT2D eigenvalue weighted by Crippen LogP contribution is 2.30. The molecule has 2 heterocycles. The van der Waals surface area contributed by atoms with Crippen molar-refractivity contribution in [3.63, 3.8) is 0 Å². The van der Waals surface area contributed by atoms with Gasteiger partial charge in [-0.25, -0.2) is 0 Å². The second kappa shape index (κ2) is 5.81. The lowest BCUT2D eigenvalue weighted by Crippen LogP contribution is -2.28. The number of carbonyl (C=O) groups is 1. The number of nitro groups is 1. The molecule has 2 aromatic rings. The monoisotopic (exact) mass is 320 g/mol. The third-order valence-electron chi connectivity index (χ3n) is 3.81. The average molecular weight is 321 g/mol. The van der Waals surface area contributed by atoms with E-state index >= 15 is 0 Å². The van der Waals surface area contributed by atoms with E-state index in [-0.39, 0.29) is 28.1 Å². The maximum Gasteiger partial charge on any atom is 0.270 e. The number of likely N-dealkylation sites (tertiary alicyclic amines) is 1. The van der Waals surface area contributed by atoms with Gasteiger partial charge in [-0.2, -0.15) is 0 Å². The number of amides is 1. The summed E-state index contributed by atoms with van der Waals surface area (Å²) in [4.78, 5) is 24.5. The molecule has 0 radical (unpaired) electrons. The van der Waals surface area contributed by atoms with Crippen molar-refractivity contribution in [1.29, 1.82) is 0 Å². The Bertz CT molecular complexity index is 714. The van der Waals surface area contributed by atoms with E-state index in [0.717, 1.165) is 12.2 Å². The van der Waals surface area contributed by atoms with Crippen molar-refractivity contribution in [3.05, 3.63) is 63.1 Å². The second-order valence-electron chi connectivity index (χ2n) is 5.17. The normalized spacial score (nSPS) is 17.7. The molecule has 1 aromatic carbocycles. The summed E-state index contributed by atoms with van der Waals surface area (Å²) in [7, 11) is 0. The molecular formula is C15H13ClN2O4. The number of halogens is 1. The number of hydrogen-bond acceptors (Lipinski definition) is 4. The fourth-order valence-electron chi connectivity index (χ4n) is 2.66. The molecule has 0 N–H and O–H groups in total. The van der Waals surface area contributed by atoms with Crippen LogP contribution in [-0.4, -0.2) is 28.8 Å². The summed E-state index contributed by atoms with van der Waals surface area (Å²) < 4.78 is 5.37. The minimum Gasteiger partial charge on any atom is -0.469 e. The fraction of sp³-hybridized carbons (Fsp3) is 0.267. The van der Waals surface area contributed by atoms with Crippen molar-refractivity contribution in [2.45, 2.75) is 12.3 Å². The maximum atomic E-state index is 12.5. The van der Waals surface area contributed by atoms with Crippen LogP contribution in [0.15, 0.2) is 41.0 Å². The predicted molar refractivity (Wildman–Crippen MR) is 80.1 cm³/mol. The van der Waals surface area contributed by atoms with Crippen molar-refractivity contribution < 1.29 is 14.1 Å². The maximum absolute atomic E-state index is 12.5. The number of rotatable bonds is 3. The number of hydrogen-bond donors (Lipinski definition) is 0. The van der Waals surface area contributed by atoms with Crippen LogP contribution in [-0.2, 0) is 0 Å². The Morgan fingerprint density at radius 2 is 2.23 bits per heavy atom. The van der Waals surface area contributed by atoms with Crippen LogP contribution in [0.1, 0.15) is 28.5 Å². The molecule has 6 nitrogen and oxygen atoms in total. The van der Waals surface area contributed by atoms with Crippen LogP contribution in [0.25, 0.3) is 0 Å². The van der Waals surface area contributed by atoms with Gasteiger partial charge in [0.1, 0.15) is 5.76 Å². The van der Waals surface area contributed by atoms with Gasteiger partial charge in [-0.3, -0.25) is 14.9 Å². The summed E-state index contributed by atoms with van der Waals surface area (Å²) >= 11 is 6.02. The molecule has 0 bridgehead atoms. The van der Waals surface area contributed by atoms with E-state index in [1.807, 2.05) is 12.1 Å². The van der Waals surface area contributed by atoms with E-state index in [1.54, 1.807) is 11.2 Å².